The van der Waals surface area contributed by atoms with Gasteiger partial charge in [0.25, 0.3) is 0 Å². The van der Waals surface area contributed by atoms with Crippen molar-refractivity contribution in [1.29, 1.82) is 0 Å². The minimum Gasteiger partial charge on any atom is -0.350 e. The summed E-state index contributed by atoms with van der Waals surface area (Å²) in [4.78, 5) is 0. The number of benzene rings is 1. The molecule has 0 saturated carbocycles. The highest BCUT2D eigenvalue weighted by Crippen LogP contribution is 2.22. The number of hydrogen-bond acceptors (Lipinski definition) is 1. The van der Waals surface area contributed by atoms with Crippen LogP contribution in [0.25, 0.3) is 10.9 Å². The summed E-state index contributed by atoms with van der Waals surface area (Å²) >= 11 is 0. The van der Waals surface area contributed by atoms with Crippen molar-refractivity contribution in [3.05, 3.63) is 35.5 Å². The standard InChI is InChI=1S/C13H18N2/c1-10-5-6-13-12(8-10)11(4-3-7-14)9-15(13)2/h5-6,8-9H,3-4,7,14H2,1-2H3. The highest BCUT2D eigenvalue weighted by atomic mass is 14.9. The third-order valence-corrected chi connectivity index (χ3v) is 2.88. The summed E-state index contributed by atoms with van der Waals surface area (Å²) in [5.74, 6) is 0. The van der Waals surface area contributed by atoms with E-state index in [0.717, 1.165) is 19.4 Å². The summed E-state index contributed by atoms with van der Waals surface area (Å²) in [7, 11) is 2.10. The summed E-state index contributed by atoms with van der Waals surface area (Å²) in [6, 6.07) is 6.62. The van der Waals surface area contributed by atoms with Gasteiger partial charge in [0, 0.05) is 24.1 Å². The van der Waals surface area contributed by atoms with E-state index in [-0.39, 0.29) is 0 Å². The van der Waals surface area contributed by atoms with Crippen LogP contribution in [0.3, 0.4) is 0 Å². The first-order valence-electron chi connectivity index (χ1n) is 5.47. The Bertz CT molecular complexity index is 469. The zero-order valence-electron chi connectivity index (χ0n) is 9.46. The molecule has 0 fully saturated rings. The van der Waals surface area contributed by atoms with Crippen molar-refractivity contribution in [3.8, 4) is 0 Å². The largest absolute Gasteiger partial charge is 0.350 e. The highest BCUT2D eigenvalue weighted by molar-refractivity contribution is 5.84. The Balaban J connectivity index is 2.49. The quantitative estimate of drug-likeness (QED) is 0.814. The van der Waals surface area contributed by atoms with Gasteiger partial charge in [0.2, 0.25) is 0 Å². The molecule has 0 saturated heterocycles. The molecule has 2 rings (SSSR count). The van der Waals surface area contributed by atoms with Crippen LogP contribution in [0.1, 0.15) is 17.5 Å². The Morgan fingerprint density at radius 1 is 1.33 bits per heavy atom. The van der Waals surface area contributed by atoms with Crippen LogP contribution in [0.15, 0.2) is 24.4 Å². The van der Waals surface area contributed by atoms with Crippen LogP contribution in [0.4, 0.5) is 0 Å². The van der Waals surface area contributed by atoms with E-state index in [1.165, 1.54) is 22.0 Å². The van der Waals surface area contributed by atoms with Gasteiger partial charge in [0.1, 0.15) is 0 Å². The molecular formula is C13H18N2. The fourth-order valence-electron chi connectivity index (χ4n) is 2.08. The van der Waals surface area contributed by atoms with Crippen LogP contribution in [-0.4, -0.2) is 11.1 Å². The van der Waals surface area contributed by atoms with E-state index < -0.39 is 0 Å². The number of rotatable bonds is 3. The summed E-state index contributed by atoms with van der Waals surface area (Å²) in [5, 5.41) is 1.38. The Kier molecular flexibility index (Phi) is 2.78. The number of aryl methyl sites for hydroxylation is 3. The van der Waals surface area contributed by atoms with Crippen molar-refractivity contribution in [3.63, 3.8) is 0 Å². The number of fused-ring (bicyclic) bond motifs is 1. The van der Waals surface area contributed by atoms with Crippen molar-refractivity contribution in [2.75, 3.05) is 6.54 Å². The van der Waals surface area contributed by atoms with Crippen molar-refractivity contribution >= 4 is 10.9 Å². The molecule has 2 aromatic rings. The van der Waals surface area contributed by atoms with Gasteiger partial charge in [0.15, 0.2) is 0 Å². The average molecular weight is 202 g/mol. The minimum atomic E-state index is 0.766. The monoisotopic (exact) mass is 202 g/mol. The molecule has 1 aromatic heterocycles. The van der Waals surface area contributed by atoms with Crippen molar-refractivity contribution in [1.82, 2.24) is 4.57 Å². The lowest BCUT2D eigenvalue weighted by Gasteiger charge is -1.98. The van der Waals surface area contributed by atoms with Gasteiger partial charge >= 0.3 is 0 Å². The Morgan fingerprint density at radius 2 is 2.13 bits per heavy atom. The van der Waals surface area contributed by atoms with E-state index in [9.17, 15) is 0 Å². The second-order valence-corrected chi connectivity index (χ2v) is 4.18. The molecule has 0 amide bonds. The maximum Gasteiger partial charge on any atom is 0.0480 e. The fraction of sp³-hybridized carbons (Fsp3) is 0.385. The molecule has 0 radical (unpaired) electrons. The van der Waals surface area contributed by atoms with E-state index in [4.69, 9.17) is 5.73 Å². The van der Waals surface area contributed by atoms with E-state index in [1.54, 1.807) is 0 Å². The van der Waals surface area contributed by atoms with Gasteiger partial charge in [-0.2, -0.15) is 0 Å². The van der Waals surface area contributed by atoms with Crippen LogP contribution >= 0.6 is 0 Å². The molecule has 0 aliphatic heterocycles. The van der Waals surface area contributed by atoms with Crippen LogP contribution < -0.4 is 5.73 Å². The Labute approximate surface area is 90.7 Å². The number of aromatic nitrogens is 1. The molecular weight excluding hydrogens is 184 g/mol. The molecule has 80 valence electrons. The van der Waals surface area contributed by atoms with Gasteiger partial charge in [-0.15, -0.1) is 0 Å². The molecule has 1 aromatic carbocycles. The van der Waals surface area contributed by atoms with Gasteiger partial charge < -0.3 is 10.3 Å². The molecule has 2 N–H and O–H groups in total. The van der Waals surface area contributed by atoms with E-state index in [1.807, 2.05) is 0 Å². The van der Waals surface area contributed by atoms with Crippen LogP contribution in [-0.2, 0) is 13.5 Å². The third kappa shape index (κ3) is 1.90. The molecule has 0 spiro atoms. The maximum atomic E-state index is 5.55. The molecule has 2 nitrogen and oxygen atoms in total. The first-order chi connectivity index (χ1) is 7.22. The summed E-state index contributed by atoms with van der Waals surface area (Å²) in [6.07, 6.45) is 4.37. The van der Waals surface area contributed by atoms with Crippen molar-refractivity contribution in [2.45, 2.75) is 19.8 Å². The first-order valence-corrected chi connectivity index (χ1v) is 5.47. The molecule has 0 aliphatic carbocycles. The van der Waals surface area contributed by atoms with E-state index >= 15 is 0 Å². The molecule has 0 atom stereocenters. The zero-order valence-corrected chi connectivity index (χ0v) is 9.46. The van der Waals surface area contributed by atoms with Crippen molar-refractivity contribution in [2.24, 2.45) is 12.8 Å². The number of nitrogens with zero attached hydrogens (tertiary/aromatic N) is 1. The molecule has 15 heavy (non-hydrogen) atoms. The van der Waals surface area contributed by atoms with Crippen LogP contribution in [0.5, 0.6) is 0 Å². The Morgan fingerprint density at radius 3 is 2.87 bits per heavy atom. The van der Waals surface area contributed by atoms with E-state index in [2.05, 4.69) is 42.9 Å². The smallest absolute Gasteiger partial charge is 0.0480 e. The van der Waals surface area contributed by atoms with Gasteiger partial charge in [-0.25, -0.2) is 0 Å². The number of hydrogen-bond donors (Lipinski definition) is 1. The maximum absolute atomic E-state index is 5.55. The number of nitrogens with two attached hydrogens (primary N) is 1. The fourth-order valence-corrected chi connectivity index (χ4v) is 2.08. The lowest BCUT2D eigenvalue weighted by Crippen LogP contribution is -1.99. The highest BCUT2D eigenvalue weighted by Gasteiger charge is 2.05. The Hall–Kier alpha value is -1.28. The summed E-state index contributed by atoms with van der Waals surface area (Å²) < 4.78 is 2.20. The molecule has 0 unspecified atom stereocenters. The topological polar surface area (TPSA) is 30.9 Å². The lowest BCUT2D eigenvalue weighted by molar-refractivity contribution is 0.830. The van der Waals surface area contributed by atoms with Crippen LogP contribution in [0.2, 0.25) is 0 Å². The average Bonchev–Trinajstić information content (AvgIpc) is 2.52. The van der Waals surface area contributed by atoms with Gasteiger partial charge in [0.05, 0.1) is 0 Å². The van der Waals surface area contributed by atoms with E-state index in [0.29, 0.717) is 0 Å². The molecule has 0 aliphatic rings. The predicted octanol–water partition coefficient (Wildman–Crippen LogP) is 2.38. The molecule has 1 heterocycles. The summed E-state index contributed by atoms with van der Waals surface area (Å²) in [5.41, 5.74) is 9.60. The minimum absolute atomic E-state index is 0.766. The van der Waals surface area contributed by atoms with Gasteiger partial charge in [-0.05, 0) is 44.0 Å². The SMILES string of the molecule is Cc1ccc2c(c1)c(CCCN)cn2C. The normalized spacial score (nSPS) is 11.1. The van der Waals surface area contributed by atoms with Crippen molar-refractivity contribution < 1.29 is 0 Å². The zero-order chi connectivity index (χ0) is 10.8. The van der Waals surface area contributed by atoms with Gasteiger partial charge in [-0.1, -0.05) is 11.6 Å². The second-order valence-electron chi connectivity index (χ2n) is 4.18. The first kappa shape index (κ1) is 10.2. The second kappa shape index (κ2) is 4.07. The van der Waals surface area contributed by atoms with Crippen LogP contribution in [0, 0.1) is 6.92 Å². The lowest BCUT2D eigenvalue weighted by atomic mass is 10.1. The third-order valence-electron chi connectivity index (χ3n) is 2.88. The molecule has 0 bridgehead atoms. The van der Waals surface area contributed by atoms with Gasteiger partial charge in [-0.3, -0.25) is 0 Å². The molecule has 2 heteroatoms. The predicted molar refractivity (Wildman–Crippen MR) is 65.0 cm³/mol. The summed E-state index contributed by atoms with van der Waals surface area (Å²) in [6.45, 7) is 2.90.